The predicted molar refractivity (Wildman–Crippen MR) is 202 cm³/mol. The topological polar surface area (TPSA) is 38.7 Å². The van der Waals surface area contributed by atoms with E-state index in [-0.39, 0.29) is 5.41 Å². The Morgan fingerprint density at radius 1 is 0.438 bits per heavy atom. The number of nitrogens with zero attached hydrogens (tertiary/aromatic N) is 3. The van der Waals surface area contributed by atoms with E-state index in [9.17, 15) is 0 Å². The monoisotopic (exact) mass is 631 g/mol. The molecule has 1 aliphatic carbocycles. The van der Waals surface area contributed by atoms with Gasteiger partial charge < -0.3 is 0 Å². The molecule has 0 unspecified atom stereocenters. The summed E-state index contributed by atoms with van der Waals surface area (Å²) < 4.78 is 2.63. The first kappa shape index (κ1) is 27.4. The lowest BCUT2D eigenvalue weighted by Crippen LogP contribution is -2.15. The van der Waals surface area contributed by atoms with Crippen molar-refractivity contribution in [2.24, 2.45) is 0 Å². The Morgan fingerprint density at radius 3 is 1.94 bits per heavy atom. The average molecular weight is 632 g/mol. The maximum atomic E-state index is 5.15. The van der Waals surface area contributed by atoms with Crippen molar-refractivity contribution in [2.45, 2.75) is 19.3 Å². The molecule has 2 heterocycles. The SMILES string of the molecule is CC1(C)c2ccccc2-c2ccc(-c3nc(-c4ccccc4)nc(-c4ccc5c(ccc6ccc7sc8ccccc8c7c65)c4)n3)cc21. The molecule has 0 atom stereocenters. The Bertz CT molecular complexity index is 2760. The summed E-state index contributed by atoms with van der Waals surface area (Å²) in [6.45, 7) is 4.61. The number of benzene rings is 7. The summed E-state index contributed by atoms with van der Waals surface area (Å²) in [7, 11) is 0. The molecule has 0 aliphatic heterocycles. The van der Waals surface area contributed by atoms with Gasteiger partial charge in [0.25, 0.3) is 0 Å². The second-order valence-electron chi connectivity index (χ2n) is 13.2. The van der Waals surface area contributed by atoms with Gasteiger partial charge in [-0.15, -0.1) is 11.3 Å². The van der Waals surface area contributed by atoms with Crippen LogP contribution in [0.25, 0.3) is 87.0 Å². The van der Waals surface area contributed by atoms with Crippen LogP contribution in [0.1, 0.15) is 25.0 Å². The standard InChI is InChI=1S/C44H29N3S/c1-44(2)35-14-8-6-12-32(35)33-22-19-30(25-36(33)44)43-46-41(27-10-4-3-5-11-27)45-42(47-43)29-18-21-31-28(24-29)17-16-26-20-23-38-40(39(26)31)34-13-7-9-15-37(34)48-38/h3-25H,1-2H3. The molecular formula is C44H29N3S. The first-order chi connectivity index (χ1) is 23.5. The molecule has 0 N–H and O–H groups in total. The molecule has 4 heteroatoms. The summed E-state index contributed by atoms with van der Waals surface area (Å²) in [4.78, 5) is 15.3. The summed E-state index contributed by atoms with van der Waals surface area (Å²) in [5.74, 6) is 2.02. The number of fused-ring (bicyclic) bond motifs is 10. The van der Waals surface area contributed by atoms with Crippen LogP contribution in [0.4, 0.5) is 0 Å². The minimum atomic E-state index is -0.111. The van der Waals surface area contributed by atoms with Gasteiger partial charge >= 0.3 is 0 Å². The van der Waals surface area contributed by atoms with Crippen LogP contribution in [0, 0.1) is 0 Å². The summed E-state index contributed by atoms with van der Waals surface area (Å²) in [6, 6.07) is 50.0. The van der Waals surface area contributed by atoms with Crippen LogP contribution in [0.2, 0.25) is 0 Å². The van der Waals surface area contributed by atoms with Gasteiger partial charge in [0.1, 0.15) is 0 Å². The highest BCUT2D eigenvalue weighted by molar-refractivity contribution is 7.26. The second kappa shape index (κ2) is 10.1. The molecule has 2 aromatic heterocycles. The molecule has 0 bridgehead atoms. The molecule has 0 spiro atoms. The quantitative estimate of drug-likeness (QED) is 0.182. The molecule has 0 amide bonds. The second-order valence-corrected chi connectivity index (χ2v) is 14.3. The predicted octanol–water partition coefficient (Wildman–Crippen LogP) is 11.9. The van der Waals surface area contributed by atoms with Gasteiger partial charge in [0.2, 0.25) is 0 Å². The highest BCUT2D eigenvalue weighted by Gasteiger charge is 2.35. The van der Waals surface area contributed by atoms with Gasteiger partial charge in [0.15, 0.2) is 17.5 Å². The number of hydrogen-bond donors (Lipinski definition) is 0. The lowest BCUT2D eigenvalue weighted by Gasteiger charge is -2.21. The highest BCUT2D eigenvalue weighted by atomic mass is 32.1. The molecule has 48 heavy (non-hydrogen) atoms. The minimum Gasteiger partial charge on any atom is -0.208 e. The molecule has 0 saturated heterocycles. The van der Waals surface area contributed by atoms with Crippen molar-refractivity contribution in [3.05, 3.63) is 151 Å². The maximum Gasteiger partial charge on any atom is 0.164 e. The Balaban J connectivity index is 1.16. The van der Waals surface area contributed by atoms with E-state index < -0.39 is 0 Å². The van der Waals surface area contributed by atoms with Crippen LogP contribution in [0.15, 0.2) is 140 Å². The molecule has 3 nitrogen and oxygen atoms in total. The zero-order chi connectivity index (χ0) is 32.0. The normalized spacial score (nSPS) is 13.4. The Hall–Kier alpha value is -5.71. The zero-order valence-electron chi connectivity index (χ0n) is 26.5. The third kappa shape index (κ3) is 4.03. The summed E-state index contributed by atoms with van der Waals surface area (Å²) in [5.41, 5.74) is 8.07. The van der Waals surface area contributed by atoms with Crippen LogP contribution in [0.3, 0.4) is 0 Å². The molecule has 0 fully saturated rings. The van der Waals surface area contributed by atoms with Crippen LogP contribution >= 0.6 is 11.3 Å². The lowest BCUT2D eigenvalue weighted by molar-refractivity contribution is 0.660. The number of rotatable bonds is 3. The third-order valence-electron chi connectivity index (χ3n) is 10.1. The fraction of sp³-hybridized carbons (Fsp3) is 0.0682. The Morgan fingerprint density at radius 2 is 1.08 bits per heavy atom. The van der Waals surface area contributed by atoms with Crippen LogP contribution < -0.4 is 0 Å². The highest BCUT2D eigenvalue weighted by Crippen LogP contribution is 2.49. The first-order valence-electron chi connectivity index (χ1n) is 16.4. The van der Waals surface area contributed by atoms with Crippen LogP contribution in [-0.2, 0) is 5.41 Å². The first-order valence-corrected chi connectivity index (χ1v) is 17.2. The van der Waals surface area contributed by atoms with Gasteiger partial charge in [-0.05, 0) is 68.1 Å². The average Bonchev–Trinajstić information content (AvgIpc) is 3.63. The summed E-state index contributed by atoms with van der Waals surface area (Å²) in [5, 5.41) is 7.61. The van der Waals surface area contributed by atoms with Crippen molar-refractivity contribution >= 4 is 53.1 Å². The fourth-order valence-corrected chi connectivity index (χ4v) is 8.82. The van der Waals surface area contributed by atoms with Crippen molar-refractivity contribution in [1.29, 1.82) is 0 Å². The smallest absolute Gasteiger partial charge is 0.164 e. The van der Waals surface area contributed by atoms with E-state index in [1.807, 2.05) is 29.5 Å². The molecule has 226 valence electrons. The van der Waals surface area contributed by atoms with Gasteiger partial charge in [-0.2, -0.15) is 0 Å². The van der Waals surface area contributed by atoms with Crippen molar-refractivity contribution in [3.63, 3.8) is 0 Å². The van der Waals surface area contributed by atoms with E-state index in [1.54, 1.807) is 0 Å². The van der Waals surface area contributed by atoms with E-state index in [2.05, 4.69) is 135 Å². The molecule has 0 saturated carbocycles. The van der Waals surface area contributed by atoms with Crippen molar-refractivity contribution in [1.82, 2.24) is 15.0 Å². The molecule has 1 aliphatic rings. The molecule has 0 radical (unpaired) electrons. The van der Waals surface area contributed by atoms with Gasteiger partial charge in [-0.25, -0.2) is 15.0 Å². The number of aromatic nitrogens is 3. The fourth-order valence-electron chi connectivity index (χ4n) is 7.70. The number of thiophene rings is 1. The minimum absolute atomic E-state index is 0.111. The number of hydrogen-bond acceptors (Lipinski definition) is 4. The largest absolute Gasteiger partial charge is 0.208 e. The van der Waals surface area contributed by atoms with E-state index in [1.165, 1.54) is 64.0 Å². The van der Waals surface area contributed by atoms with Gasteiger partial charge in [-0.1, -0.05) is 129 Å². The molecule has 10 rings (SSSR count). The van der Waals surface area contributed by atoms with E-state index in [0.29, 0.717) is 17.5 Å². The van der Waals surface area contributed by atoms with Gasteiger partial charge in [0, 0.05) is 42.3 Å². The molecule has 7 aromatic carbocycles. The van der Waals surface area contributed by atoms with Crippen molar-refractivity contribution in [3.8, 4) is 45.3 Å². The van der Waals surface area contributed by atoms with E-state index in [4.69, 9.17) is 15.0 Å². The lowest BCUT2D eigenvalue weighted by atomic mass is 9.82. The van der Waals surface area contributed by atoms with Crippen LogP contribution in [0.5, 0.6) is 0 Å². The summed E-state index contributed by atoms with van der Waals surface area (Å²) >= 11 is 1.86. The molecular weight excluding hydrogens is 603 g/mol. The molecule has 9 aromatic rings. The van der Waals surface area contributed by atoms with Crippen molar-refractivity contribution in [2.75, 3.05) is 0 Å². The van der Waals surface area contributed by atoms with E-state index >= 15 is 0 Å². The van der Waals surface area contributed by atoms with Crippen LogP contribution in [-0.4, -0.2) is 15.0 Å². The van der Waals surface area contributed by atoms with Gasteiger partial charge in [0.05, 0.1) is 0 Å². The van der Waals surface area contributed by atoms with Gasteiger partial charge in [-0.3, -0.25) is 0 Å². The van der Waals surface area contributed by atoms with Crippen molar-refractivity contribution < 1.29 is 0 Å². The Labute approximate surface area is 282 Å². The zero-order valence-corrected chi connectivity index (χ0v) is 27.3. The summed E-state index contributed by atoms with van der Waals surface area (Å²) in [6.07, 6.45) is 0. The maximum absolute atomic E-state index is 5.15. The van der Waals surface area contributed by atoms with E-state index in [0.717, 1.165) is 16.7 Å². The third-order valence-corrected chi connectivity index (χ3v) is 11.2. The Kier molecular flexibility index (Phi) is 5.79.